The first-order valence-electron chi connectivity index (χ1n) is 5.37. The lowest BCUT2D eigenvalue weighted by molar-refractivity contribution is 0.766. The van der Waals surface area contributed by atoms with Crippen molar-refractivity contribution in [2.24, 2.45) is 5.73 Å². The van der Waals surface area contributed by atoms with E-state index in [-0.39, 0.29) is 0 Å². The van der Waals surface area contributed by atoms with E-state index in [1.807, 2.05) is 0 Å². The third-order valence-electron chi connectivity index (χ3n) is 2.25. The lowest BCUT2D eigenvalue weighted by Crippen LogP contribution is -1.99. The molecule has 0 saturated heterocycles. The zero-order valence-corrected chi connectivity index (χ0v) is 10.2. The van der Waals surface area contributed by atoms with Crippen LogP contribution < -0.4 is 5.73 Å². The largest absolute Gasteiger partial charge is 0.326 e. The number of unbranched alkanes of at least 4 members (excludes halogenated alkanes) is 1. The third-order valence-corrected chi connectivity index (χ3v) is 3.40. The molecule has 0 aromatic carbocycles. The molecule has 0 spiro atoms. The molecule has 0 fully saturated rings. The molecule has 3 heteroatoms. The minimum absolute atomic E-state index is 0.500. The van der Waals surface area contributed by atoms with Gasteiger partial charge < -0.3 is 5.73 Å². The fraction of sp³-hybridized carbons (Fsp3) is 0.727. The molecular weight excluding hydrogens is 192 g/mol. The van der Waals surface area contributed by atoms with Gasteiger partial charge in [0.15, 0.2) is 0 Å². The highest BCUT2D eigenvalue weighted by Crippen LogP contribution is 2.25. The Morgan fingerprint density at radius 3 is 2.57 bits per heavy atom. The molecule has 0 aliphatic carbocycles. The first-order chi connectivity index (χ1) is 6.69. The molecule has 0 aliphatic heterocycles. The fourth-order valence-corrected chi connectivity index (χ4v) is 2.59. The SMILES string of the molecule is CCCCc1nc(C(C)C)c(CN)s1. The zero-order chi connectivity index (χ0) is 10.6. The Kier molecular flexibility index (Phi) is 4.55. The second-order valence-corrected chi connectivity index (χ2v) is 5.05. The summed E-state index contributed by atoms with van der Waals surface area (Å²) in [7, 11) is 0. The van der Waals surface area contributed by atoms with Crippen molar-refractivity contribution in [1.29, 1.82) is 0 Å². The Morgan fingerprint density at radius 1 is 1.43 bits per heavy atom. The van der Waals surface area contributed by atoms with Gasteiger partial charge in [-0.3, -0.25) is 0 Å². The van der Waals surface area contributed by atoms with Crippen LogP contribution in [0, 0.1) is 0 Å². The number of hydrogen-bond donors (Lipinski definition) is 1. The van der Waals surface area contributed by atoms with Gasteiger partial charge in [-0.25, -0.2) is 4.98 Å². The van der Waals surface area contributed by atoms with E-state index in [0.717, 1.165) is 6.42 Å². The van der Waals surface area contributed by atoms with Crippen molar-refractivity contribution in [3.63, 3.8) is 0 Å². The monoisotopic (exact) mass is 212 g/mol. The van der Waals surface area contributed by atoms with Gasteiger partial charge in [-0.15, -0.1) is 11.3 Å². The van der Waals surface area contributed by atoms with Crippen molar-refractivity contribution < 1.29 is 0 Å². The summed E-state index contributed by atoms with van der Waals surface area (Å²) in [6.07, 6.45) is 3.57. The normalized spacial score (nSPS) is 11.2. The first kappa shape index (κ1) is 11.7. The van der Waals surface area contributed by atoms with Crippen molar-refractivity contribution in [2.45, 2.75) is 52.5 Å². The lowest BCUT2D eigenvalue weighted by atomic mass is 10.1. The average molecular weight is 212 g/mol. The summed E-state index contributed by atoms with van der Waals surface area (Å²) < 4.78 is 0. The van der Waals surface area contributed by atoms with Crippen molar-refractivity contribution >= 4 is 11.3 Å². The lowest BCUT2D eigenvalue weighted by Gasteiger charge is -2.01. The van der Waals surface area contributed by atoms with Gasteiger partial charge in [0.2, 0.25) is 0 Å². The van der Waals surface area contributed by atoms with Crippen molar-refractivity contribution in [3.8, 4) is 0 Å². The van der Waals surface area contributed by atoms with Gasteiger partial charge in [-0.05, 0) is 18.8 Å². The van der Waals surface area contributed by atoms with E-state index in [1.165, 1.54) is 28.4 Å². The van der Waals surface area contributed by atoms with Crippen LogP contribution in [0.1, 0.15) is 55.1 Å². The quantitative estimate of drug-likeness (QED) is 0.814. The van der Waals surface area contributed by atoms with E-state index in [9.17, 15) is 0 Å². The highest BCUT2D eigenvalue weighted by molar-refractivity contribution is 7.11. The molecule has 0 amide bonds. The van der Waals surface area contributed by atoms with Crippen LogP contribution >= 0.6 is 11.3 Å². The van der Waals surface area contributed by atoms with Gasteiger partial charge in [0.05, 0.1) is 10.7 Å². The van der Waals surface area contributed by atoms with E-state index in [4.69, 9.17) is 5.73 Å². The molecule has 0 radical (unpaired) electrons. The second-order valence-electron chi connectivity index (χ2n) is 3.88. The molecule has 0 aliphatic rings. The molecule has 80 valence electrons. The summed E-state index contributed by atoms with van der Waals surface area (Å²) in [5.74, 6) is 0.500. The minimum atomic E-state index is 0.500. The maximum absolute atomic E-state index is 5.70. The van der Waals surface area contributed by atoms with Crippen LogP contribution in [0.25, 0.3) is 0 Å². The molecule has 1 aromatic heterocycles. The summed E-state index contributed by atoms with van der Waals surface area (Å²) in [6, 6.07) is 0. The maximum atomic E-state index is 5.70. The first-order valence-corrected chi connectivity index (χ1v) is 6.19. The highest BCUT2D eigenvalue weighted by Gasteiger charge is 2.12. The summed E-state index contributed by atoms with van der Waals surface area (Å²) >= 11 is 1.79. The highest BCUT2D eigenvalue weighted by atomic mass is 32.1. The average Bonchev–Trinajstić information content (AvgIpc) is 2.57. The molecule has 1 rings (SSSR count). The standard InChI is InChI=1S/C11H20N2S/c1-4-5-6-10-13-11(8(2)3)9(7-12)14-10/h8H,4-7,12H2,1-3H3. The minimum Gasteiger partial charge on any atom is -0.326 e. The summed E-state index contributed by atoms with van der Waals surface area (Å²) in [5, 5.41) is 1.26. The number of thiazole rings is 1. The fourth-order valence-electron chi connectivity index (χ4n) is 1.45. The topological polar surface area (TPSA) is 38.9 Å². The predicted molar refractivity (Wildman–Crippen MR) is 62.7 cm³/mol. The van der Waals surface area contributed by atoms with E-state index in [1.54, 1.807) is 11.3 Å². The molecular formula is C11H20N2S. The van der Waals surface area contributed by atoms with Crippen LogP contribution in [-0.2, 0) is 13.0 Å². The number of nitrogens with zero attached hydrogens (tertiary/aromatic N) is 1. The molecule has 0 atom stereocenters. The van der Waals surface area contributed by atoms with Gasteiger partial charge in [0, 0.05) is 11.4 Å². The second kappa shape index (κ2) is 5.47. The summed E-state index contributed by atoms with van der Waals surface area (Å²) in [5.41, 5.74) is 6.91. The molecule has 1 heterocycles. The zero-order valence-electron chi connectivity index (χ0n) is 9.34. The van der Waals surface area contributed by atoms with E-state index < -0.39 is 0 Å². The summed E-state index contributed by atoms with van der Waals surface area (Å²) in [6.45, 7) is 7.20. The number of hydrogen-bond acceptors (Lipinski definition) is 3. The van der Waals surface area contributed by atoms with Crippen LogP contribution in [0.4, 0.5) is 0 Å². The third kappa shape index (κ3) is 2.79. The Hall–Kier alpha value is -0.410. The van der Waals surface area contributed by atoms with Crippen molar-refractivity contribution in [1.82, 2.24) is 4.98 Å². The molecule has 2 nitrogen and oxygen atoms in total. The van der Waals surface area contributed by atoms with Crippen molar-refractivity contribution in [2.75, 3.05) is 0 Å². The molecule has 2 N–H and O–H groups in total. The molecule has 0 saturated carbocycles. The Balaban J connectivity index is 2.78. The van der Waals surface area contributed by atoms with Crippen LogP contribution in [0.5, 0.6) is 0 Å². The van der Waals surface area contributed by atoms with Crippen LogP contribution in [0.3, 0.4) is 0 Å². The van der Waals surface area contributed by atoms with Crippen LogP contribution in [-0.4, -0.2) is 4.98 Å². The number of rotatable bonds is 5. The molecule has 0 unspecified atom stereocenters. The number of nitrogens with two attached hydrogens (primary N) is 1. The van der Waals surface area contributed by atoms with E-state index >= 15 is 0 Å². The van der Waals surface area contributed by atoms with Crippen LogP contribution in [0.15, 0.2) is 0 Å². The summed E-state index contributed by atoms with van der Waals surface area (Å²) in [4.78, 5) is 5.93. The Labute approximate surface area is 90.6 Å². The number of aryl methyl sites for hydroxylation is 1. The van der Waals surface area contributed by atoms with Gasteiger partial charge in [0.1, 0.15) is 0 Å². The van der Waals surface area contributed by atoms with E-state index in [0.29, 0.717) is 12.5 Å². The predicted octanol–water partition coefficient (Wildman–Crippen LogP) is 3.07. The Bertz CT molecular complexity index is 279. The Morgan fingerprint density at radius 2 is 2.14 bits per heavy atom. The molecule has 14 heavy (non-hydrogen) atoms. The smallest absolute Gasteiger partial charge is 0.0931 e. The maximum Gasteiger partial charge on any atom is 0.0931 e. The van der Waals surface area contributed by atoms with E-state index in [2.05, 4.69) is 25.8 Å². The van der Waals surface area contributed by atoms with Gasteiger partial charge >= 0.3 is 0 Å². The molecule has 0 bridgehead atoms. The van der Waals surface area contributed by atoms with Crippen molar-refractivity contribution in [3.05, 3.63) is 15.6 Å². The van der Waals surface area contributed by atoms with Crippen LogP contribution in [0.2, 0.25) is 0 Å². The van der Waals surface area contributed by atoms with Gasteiger partial charge in [-0.2, -0.15) is 0 Å². The van der Waals surface area contributed by atoms with Gasteiger partial charge in [-0.1, -0.05) is 27.2 Å². The number of aromatic nitrogens is 1. The molecule has 1 aromatic rings. The van der Waals surface area contributed by atoms with Gasteiger partial charge in [0.25, 0.3) is 0 Å².